The molecule has 2 aromatic rings. The van der Waals surface area contributed by atoms with E-state index in [1.165, 1.54) is 43.5 Å². The van der Waals surface area contributed by atoms with Crippen molar-refractivity contribution in [3.8, 4) is 5.75 Å². The van der Waals surface area contributed by atoms with Crippen molar-refractivity contribution in [2.24, 2.45) is 5.92 Å². The summed E-state index contributed by atoms with van der Waals surface area (Å²) in [5.74, 6) is 1.85. The minimum absolute atomic E-state index is 0.152. The van der Waals surface area contributed by atoms with Gasteiger partial charge in [-0.15, -0.1) is 0 Å². The average Bonchev–Trinajstić information content (AvgIpc) is 3.18. The van der Waals surface area contributed by atoms with Crippen LogP contribution in [-0.4, -0.2) is 55.5 Å². The molecule has 0 spiro atoms. The van der Waals surface area contributed by atoms with Crippen molar-refractivity contribution in [3.05, 3.63) is 65.2 Å². The van der Waals surface area contributed by atoms with Gasteiger partial charge in [0.15, 0.2) is 0 Å². The summed E-state index contributed by atoms with van der Waals surface area (Å²) in [5, 5.41) is 0. The second-order valence-electron chi connectivity index (χ2n) is 8.58. The molecule has 29 heavy (non-hydrogen) atoms. The van der Waals surface area contributed by atoms with Gasteiger partial charge in [-0.3, -0.25) is 4.79 Å². The quantitative estimate of drug-likeness (QED) is 0.759. The van der Waals surface area contributed by atoms with Gasteiger partial charge >= 0.3 is 0 Å². The maximum absolute atomic E-state index is 13.2. The van der Waals surface area contributed by atoms with E-state index >= 15 is 0 Å². The zero-order valence-electron chi connectivity index (χ0n) is 17.6. The van der Waals surface area contributed by atoms with Gasteiger partial charge in [-0.1, -0.05) is 36.2 Å². The minimum atomic E-state index is 0.152. The molecule has 0 aliphatic carbocycles. The van der Waals surface area contributed by atoms with Crippen LogP contribution in [0.3, 0.4) is 0 Å². The third-order valence-corrected chi connectivity index (χ3v) is 6.49. The molecular formula is C25H32N2O2. The Morgan fingerprint density at radius 2 is 1.79 bits per heavy atom. The van der Waals surface area contributed by atoms with E-state index in [9.17, 15) is 4.79 Å². The lowest BCUT2D eigenvalue weighted by molar-refractivity contribution is 0.0782. The Morgan fingerprint density at radius 1 is 1.03 bits per heavy atom. The van der Waals surface area contributed by atoms with E-state index in [2.05, 4.69) is 34.9 Å². The number of carbonyl (C=O) groups excluding carboxylic acids is 1. The first kappa shape index (κ1) is 20.0. The Morgan fingerprint density at radius 3 is 2.52 bits per heavy atom. The second kappa shape index (κ2) is 9.00. The molecule has 1 amide bonds. The highest BCUT2D eigenvalue weighted by Crippen LogP contribution is 2.36. The van der Waals surface area contributed by atoms with Crippen molar-refractivity contribution >= 4 is 5.91 Å². The summed E-state index contributed by atoms with van der Waals surface area (Å²) >= 11 is 0. The molecule has 0 unspecified atom stereocenters. The Balaban J connectivity index is 1.55. The third kappa shape index (κ3) is 4.64. The first-order chi connectivity index (χ1) is 14.1. The molecule has 0 N–H and O–H groups in total. The number of amides is 1. The molecule has 2 aliphatic heterocycles. The first-order valence-electron chi connectivity index (χ1n) is 10.9. The van der Waals surface area contributed by atoms with Gasteiger partial charge in [-0.2, -0.15) is 0 Å². The molecule has 0 radical (unpaired) electrons. The molecule has 154 valence electrons. The molecule has 2 saturated heterocycles. The van der Waals surface area contributed by atoms with Crippen LogP contribution in [0.5, 0.6) is 5.75 Å². The fourth-order valence-electron chi connectivity index (χ4n) is 4.82. The third-order valence-electron chi connectivity index (χ3n) is 6.49. The zero-order valence-corrected chi connectivity index (χ0v) is 17.6. The van der Waals surface area contributed by atoms with E-state index in [4.69, 9.17) is 4.74 Å². The summed E-state index contributed by atoms with van der Waals surface area (Å²) in [4.78, 5) is 17.8. The summed E-state index contributed by atoms with van der Waals surface area (Å²) in [5.41, 5.74) is 3.25. The monoisotopic (exact) mass is 392 g/mol. The lowest BCUT2D eigenvalue weighted by Crippen LogP contribution is -2.36. The van der Waals surface area contributed by atoms with Crippen LogP contribution < -0.4 is 4.74 Å². The van der Waals surface area contributed by atoms with Gasteiger partial charge in [0, 0.05) is 31.1 Å². The van der Waals surface area contributed by atoms with E-state index in [0.717, 1.165) is 30.9 Å². The number of rotatable bonds is 5. The Labute approximate surface area is 174 Å². The maximum atomic E-state index is 13.2. The molecule has 4 heteroatoms. The number of piperidine rings is 1. The van der Waals surface area contributed by atoms with Crippen LogP contribution in [0.1, 0.15) is 46.7 Å². The van der Waals surface area contributed by atoms with E-state index in [-0.39, 0.29) is 5.91 Å². The van der Waals surface area contributed by atoms with Gasteiger partial charge < -0.3 is 14.5 Å². The summed E-state index contributed by atoms with van der Waals surface area (Å²) in [6, 6.07) is 16.3. The highest BCUT2D eigenvalue weighted by molar-refractivity contribution is 5.94. The van der Waals surface area contributed by atoms with Crippen molar-refractivity contribution in [3.63, 3.8) is 0 Å². The van der Waals surface area contributed by atoms with Crippen molar-refractivity contribution in [1.29, 1.82) is 0 Å². The summed E-state index contributed by atoms with van der Waals surface area (Å²) < 4.78 is 5.46. The minimum Gasteiger partial charge on any atom is -0.497 e. The Kier molecular flexibility index (Phi) is 6.19. The highest BCUT2D eigenvalue weighted by Gasteiger charge is 2.37. The SMILES string of the molecule is COc1cccc([C@@H]2CN(C(=O)c3ccc(C)cc3)C[C@@H]2CN2CCCCC2)c1. The predicted octanol–water partition coefficient (Wildman–Crippen LogP) is 4.35. The Bertz CT molecular complexity index is 827. The lowest BCUT2D eigenvalue weighted by Gasteiger charge is -2.31. The summed E-state index contributed by atoms with van der Waals surface area (Å²) in [6.45, 7) is 7.10. The first-order valence-corrected chi connectivity index (χ1v) is 10.9. The summed E-state index contributed by atoms with van der Waals surface area (Å²) in [6.07, 6.45) is 3.93. The molecule has 2 heterocycles. The van der Waals surface area contributed by atoms with Crippen molar-refractivity contribution in [1.82, 2.24) is 9.80 Å². The molecule has 0 saturated carbocycles. The van der Waals surface area contributed by atoms with Crippen LogP contribution >= 0.6 is 0 Å². The standard InChI is InChI=1S/C25H32N2O2/c1-19-9-11-20(12-10-19)25(28)27-17-22(16-26-13-4-3-5-14-26)24(18-27)21-7-6-8-23(15-21)29-2/h6-12,15,22,24H,3-5,13-14,16-18H2,1-2H3/t22-,24-/m0/s1. The number of ether oxygens (including phenoxy) is 1. The number of benzene rings is 2. The van der Waals surface area contributed by atoms with E-state index in [1.807, 2.05) is 30.3 Å². The molecule has 4 rings (SSSR count). The molecule has 2 aliphatic rings. The smallest absolute Gasteiger partial charge is 0.253 e. The van der Waals surface area contributed by atoms with Gasteiger partial charge in [0.25, 0.3) is 5.91 Å². The van der Waals surface area contributed by atoms with Crippen LogP contribution in [0.25, 0.3) is 0 Å². The lowest BCUT2D eigenvalue weighted by atomic mass is 9.88. The molecule has 2 fully saturated rings. The van der Waals surface area contributed by atoms with Gasteiger partial charge in [-0.25, -0.2) is 0 Å². The highest BCUT2D eigenvalue weighted by atomic mass is 16.5. The predicted molar refractivity (Wildman–Crippen MR) is 117 cm³/mol. The number of likely N-dealkylation sites (tertiary alicyclic amines) is 2. The molecule has 0 aromatic heterocycles. The second-order valence-corrected chi connectivity index (χ2v) is 8.58. The van der Waals surface area contributed by atoms with Crippen molar-refractivity contribution in [2.75, 3.05) is 39.8 Å². The van der Waals surface area contributed by atoms with Gasteiger partial charge in [-0.05, 0) is 68.6 Å². The van der Waals surface area contributed by atoms with E-state index in [0.29, 0.717) is 11.8 Å². The maximum Gasteiger partial charge on any atom is 0.253 e. The Hall–Kier alpha value is -2.33. The topological polar surface area (TPSA) is 32.8 Å². The number of methoxy groups -OCH3 is 1. The number of carbonyl (C=O) groups is 1. The summed E-state index contributed by atoms with van der Waals surface area (Å²) in [7, 11) is 1.71. The van der Waals surface area contributed by atoms with Gasteiger partial charge in [0.05, 0.1) is 7.11 Å². The van der Waals surface area contributed by atoms with Crippen LogP contribution in [0, 0.1) is 12.8 Å². The van der Waals surface area contributed by atoms with E-state index < -0.39 is 0 Å². The van der Waals surface area contributed by atoms with Crippen molar-refractivity contribution in [2.45, 2.75) is 32.1 Å². The molecular weight excluding hydrogens is 360 g/mol. The zero-order chi connectivity index (χ0) is 20.2. The largest absolute Gasteiger partial charge is 0.497 e. The fraction of sp³-hybridized carbons (Fsp3) is 0.480. The molecule has 2 aromatic carbocycles. The van der Waals surface area contributed by atoms with Crippen molar-refractivity contribution < 1.29 is 9.53 Å². The van der Waals surface area contributed by atoms with Crippen LogP contribution in [-0.2, 0) is 0 Å². The fourth-order valence-corrected chi connectivity index (χ4v) is 4.82. The molecule has 4 nitrogen and oxygen atoms in total. The molecule has 2 atom stereocenters. The number of nitrogens with zero attached hydrogens (tertiary/aromatic N) is 2. The van der Waals surface area contributed by atoms with Gasteiger partial charge in [0.2, 0.25) is 0 Å². The van der Waals surface area contributed by atoms with Crippen LogP contribution in [0.15, 0.2) is 48.5 Å². The molecule has 0 bridgehead atoms. The normalized spacial score (nSPS) is 22.6. The number of aryl methyl sites for hydroxylation is 1. The average molecular weight is 393 g/mol. The van der Waals surface area contributed by atoms with Crippen LogP contribution in [0.2, 0.25) is 0 Å². The van der Waals surface area contributed by atoms with Gasteiger partial charge in [0.1, 0.15) is 5.75 Å². The number of hydrogen-bond acceptors (Lipinski definition) is 3. The van der Waals surface area contributed by atoms with E-state index in [1.54, 1.807) is 7.11 Å². The number of hydrogen-bond donors (Lipinski definition) is 0. The van der Waals surface area contributed by atoms with Crippen LogP contribution in [0.4, 0.5) is 0 Å².